The Morgan fingerprint density at radius 3 is 2.19 bits per heavy atom. The smallest absolute Gasteiger partial charge is 0.150 e. The van der Waals surface area contributed by atoms with Crippen molar-refractivity contribution >= 4 is 27.4 Å². The Hall–Kier alpha value is -1.99. The van der Waals surface area contributed by atoms with Gasteiger partial charge < -0.3 is 4.90 Å². The highest BCUT2D eigenvalue weighted by Gasteiger charge is 2.29. The van der Waals surface area contributed by atoms with Crippen molar-refractivity contribution in [2.75, 3.05) is 63.8 Å². The van der Waals surface area contributed by atoms with Crippen LogP contribution < -0.4 is 4.90 Å². The van der Waals surface area contributed by atoms with Gasteiger partial charge in [-0.25, -0.2) is 0 Å². The molecule has 3 heterocycles. The third kappa shape index (κ3) is 5.77. The molecule has 0 unspecified atom stereocenters. The van der Waals surface area contributed by atoms with Crippen LogP contribution in [0.15, 0.2) is 54.6 Å². The van der Waals surface area contributed by atoms with Gasteiger partial charge in [0.15, 0.2) is 0 Å². The van der Waals surface area contributed by atoms with Crippen molar-refractivity contribution in [2.45, 2.75) is 44.7 Å². The predicted molar refractivity (Wildman–Crippen MR) is 152 cm³/mol. The van der Waals surface area contributed by atoms with E-state index in [-0.39, 0.29) is 0 Å². The van der Waals surface area contributed by atoms with E-state index in [4.69, 9.17) is 4.37 Å². The van der Waals surface area contributed by atoms with E-state index >= 15 is 0 Å². The number of anilines is 1. The van der Waals surface area contributed by atoms with Crippen molar-refractivity contribution in [3.8, 4) is 0 Å². The van der Waals surface area contributed by atoms with Crippen LogP contribution in [0, 0.1) is 5.92 Å². The normalized spacial score (nSPS) is 24.9. The van der Waals surface area contributed by atoms with Gasteiger partial charge in [0.2, 0.25) is 0 Å². The molecular weight excluding hydrogens is 462 g/mol. The summed E-state index contributed by atoms with van der Waals surface area (Å²) >= 11 is 1.64. The molecule has 0 radical (unpaired) electrons. The second-order valence-corrected chi connectivity index (χ2v) is 11.9. The topological polar surface area (TPSA) is 25.9 Å². The minimum absolute atomic E-state index is 0.830. The van der Waals surface area contributed by atoms with Crippen LogP contribution in [0.3, 0.4) is 0 Å². The first-order valence-electron chi connectivity index (χ1n) is 14.1. The van der Waals surface area contributed by atoms with Crippen LogP contribution >= 0.6 is 11.5 Å². The minimum atomic E-state index is 0.830. The maximum Gasteiger partial charge on any atom is 0.150 e. The molecule has 0 spiro atoms. The highest BCUT2D eigenvalue weighted by atomic mass is 32.1. The zero-order chi connectivity index (χ0) is 24.2. The first-order chi connectivity index (χ1) is 17.8. The molecule has 3 aliphatic rings. The van der Waals surface area contributed by atoms with Gasteiger partial charge in [0, 0.05) is 70.3 Å². The highest BCUT2D eigenvalue weighted by Crippen LogP contribution is 2.32. The average molecular weight is 504 g/mol. The van der Waals surface area contributed by atoms with Crippen LogP contribution in [-0.4, -0.2) is 84.0 Å². The van der Waals surface area contributed by atoms with Crippen LogP contribution in [0.2, 0.25) is 0 Å². The first-order valence-corrected chi connectivity index (χ1v) is 14.9. The lowest BCUT2D eigenvalue weighted by atomic mass is 9.83. The Bertz CT molecular complexity index is 1080. The van der Waals surface area contributed by atoms with Crippen molar-refractivity contribution in [1.82, 2.24) is 19.1 Å². The summed E-state index contributed by atoms with van der Waals surface area (Å²) in [7, 11) is 0. The number of benzene rings is 2. The summed E-state index contributed by atoms with van der Waals surface area (Å²) in [5, 5.41) is 1.32. The molecule has 0 atom stereocenters. The molecule has 1 saturated carbocycles. The van der Waals surface area contributed by atoms with Crippen molar-refractivity contribution in [3.63, 3.8) is 0 Å². The summed E-state index contributed by atoms with van der Waals surface area (Å²) < 4.78 is 6.08. The molecule has 2 saturated heterocycles. The molecule has 6 heteroatoms. The van der Waals surface area contributed by atoms with Gasteiger partial charge >= 0.3 is 0 Å². The fourth-order valence-corrected chi connectivity index (χ4v) is 7.37. The van der Waals surface area contributed by atoms with Crippen LogP contribution in [0.25, 0.3) is 10.1 Å². The van der Waals surface area contributed by atoms with E-state index in [1.54, 1.807) is 11.5 Å². The van der Waals surface area contributed by atoms with Gasteiger partial charge in [-0.2, -0.15) is 4.37 Å². The number of rotatable bonds is 7. The van der Waals surface area contributed by atoms with Crippen molar-refractivity contribution in [1.29, 1.82) is 0 Å². The molecule has 0 N–H and O–H groups in total. The molecule has 5 nitrogen and oxygen atoms in total. The van der Waals surface area contributed by atoms with E-state index in [1.807, 2.05) is 0 Å². The number of hydrogen-bond acceptors (Lipinski definition) is 6. The molecule has 36 heavy (non-hydrogen) atoms. The van der Waals surface area contributed by atoms with E-state index < -0.39 is 0 Å². The minimum Gasteiger partial charge on any atom is -0.353 e. The van der Waals surface area contributed by atoms with E-state index in [0.29, 0.717) is 0 Å². The van der Waals surface area contributed by atoms with Crippen LogP contribution in [0.1, 0.15) is 37.7 Å². The maximum atomic E-state index is 4.77. The molecule has 192 valence electrons. The number of aromatic nitrogens is 1. The number of fused-ring (bicyclic) bond motifs is 1. The Balaban J connectivity index is 0.887. The first kappa shape index (κ1) is 24.4. The Labute approximate surface area is 220 Å². The van der Waals surface area contributed by atoms with Crippen molar-refractivity contribution in [2.24, 2.45) is 5.92 Å². The summed E-state index contributed by atoms with van der Waals surface area (Å²) in [5.74, 6) is 2.13. The zero-order valence-corrected chi connectivity index (χ0v) is 22.4. The second-order valence-electron chi connectivity index (χ2n) is 11.1. The average Bonchev–Trinajstić information content (AvgIpc) is 3.38. The molecule has 0 amide bonds. The largest absolute Gasteiger partial charge is 0.353 e. The lowest BCUT2D eigenvalue weighted by Gasteiger charge is -2.42. The lowest BCUT2D eigenvalue weighted by Crippen LogP contribution is -2.50. The quantitative estimate of drug-likeness (QED) is 0.442. The lowest BCUT2D eigenvalue weighted by molar-refractivity contribution is 0.0652. The standard InChI is InChI=1S/C30H41N5S/c1-2-6-26(7-3-1)24-33-18-20-34(21-19-33)27-12-10-25(11-13-27)14-15-32-16-22-35(23-17-32)30-28-8-4-5-9-29(28)36-31-30/h1-9,25,27H,10-24H2. The SMILES string of the molecule is c1ccc(CN2CCN(C3CCC(CCN4CCN(c5nsc6ccccc56)CC4)CC3)CC2)cc1. The summed E-state index contributed by atoms with van der Waals surface area (Å²) in [6.07, 6.45) is 7.07. The molecule has 2 aliphatic heterocycles. The fourth-order valence-electron chi connectivity index (χ4n) is 6.58. The van der Waals surface area contributed by atoms with E-state index in [0.717, 1.165) is 31.6 Å². The summed E-state index contributed by atoms with van der Waals surface area (Å²) in [6.45, 7) is 11.9. The molecule has 3 aromatic rings. The molecule has 2 aromatic carbocycles. The van der Waals surface area contributed by atoms with Gasteiger partial charge in [-0.3, -0.25) is 14.7 Å². The highest BCUT2D eigenvalue weighted by molar-refractivity contribution is 7.13. The Morgan fingerprint density at radius 1 is 0.722 bits per heavy atom. The number of hydrogen-bond donors (Lipinski definition) is 0. The molecule has 3 fully saturated rings. The van der Waals surface area contributed by atoms with Crippen LogP contribution in [0.4, 0.5) is 5.82 Å². The third-order valence-electron chi connectivity index (χ3n) is 8.87. The summed E-state index contributed by atoms with van der Waals surface area (Å²) in [5.41, 5.74) is 1.45. The van der Waals surface area contributed by atoms with Crippen molar-refractivity contribution in [3.05, 3.63) is 60.2 Å². The monoisotopic (exact) mass is 503 g/mol. The molecular formula is C30H41N5S. The number of nitrogens with zero attached hydrogens (tertiary/aromatic N) is 5. The molecule has 1 aromatic heterocycles. The van der Waals surface area contributed by atoms with Gasteiger partial charge in [0.05, 0.1) is 4.70 Å². The van der Waals surface area contributed by atoms with Gasteiger partial charge in [0.1, 0.15) is 5.82 Å². The van der Waals surface area contributed by atoms with E-state index in [9.17, 15) is 0 Å². The zero-order valence-electron chi connectivity index (χ0n) is 21.6. The second kappa shape index (κ2) is 11.6. The van der Waals surface area contributed by atoms with Gasteiger partial charge in [0.25, 0.3) is 0 Å². The summed E-state index contributed by atoms with van der Waals surface area (Å²) in [4.78, 5) is 10.6. The predicted octanol–water partition coefficient (Wildman–Crippen LogP) is 5.19. The molecule has 6 rings (SSSR count). The van der Waals surface area contributed by atoms with Crippen LogP contribution in [-0.2, 0) is 6.54 Å². The summed E-state index contributed by atoms with van der Waals surface area (Å²) in [6, 6.07) is 20.4. The van der Waals surface area contributed by atoms with Gasteiger partial charge in [-0.15, -0.1) is 0 Å². The number of piperazine rings is 2. The van der Waals surface area contributed by atoms with Gasteiger partial charge in [-0.05, 0) is 73.8 Å². The molecule has 1 aliphatic carbocycles. The Morgan fingerprint density at radius 2 is 1.42 bits per heavy atom. The third-order valence-corrected chi connectivity index (χ3v) is 9.69. The van der Waals surface area contributed by atoms with E-state index in [2.05, 4.69) is 74.2 Å². The van der Waals surface area contributed by atoms with Crippen molar-refractivity contribution < 1.29 is 0 Å². The van der Waals surface area contributed by atoms with Crippen LogP contribution in [0.5, 0.6) is 0 Å². The molecule has 0 bridgehead atoms. The van der Waals surface area contributed by atoms with Gasteiger partial charge in [-0.1, -0.05) is 42.5 Å². The fraction of sp³-hybridized carbons (Fsp3) is 0.567. The van der Waals surface area contributed by atoms with E-state index in [1.165, 1.54) is 99.4 Å². The Kier molecular flexibility index (Phi) is 7.84. The maximum absolute atomic E-state index is 4.77.